The van der Waals surface area contributed by atoms with E-state index in [1.54, 1.807) is 24.5 Å². The molecular formula is C15H16N4OS. The summed E-state index contributed by atoms with van der Waals surface area (Å²) in [6.45, 7) is 5.93. The number of hydrogen-bond donors (Lipinski definition) is 2. The summed E-state index contributed by atoms with van der Waals surface area (Å²) in [6, 6.07) is 7.32. The summed E-state index contributed by atoms with van der Waals surface area (Å²) < 4.78 is 0. The fourth-order valence-electron chi connectivity index (χ4n) is 1.61. The van der Waals surface area contributed by atoms with Gasteiger partial charge in [-0.3, -0.25) is 0 Å². The van der Waals surface area contributed by atoms with Crippen LogP contribution < -0.4 is 10.6 Å². The van der Waals surface area contributed by atoms with Gasteiger partial charge in [-0.2, -0.15) is 0 Å². The summed E-state index contributed by atoms with van der Waals surface area (Å²) in [5, 5.41) is 6.16. The van der Waals surface area contributed by atoms with Crippen LogP contribution in [0.3, 0.4) is 0 Å². The van der Waals surface area contributed by atoms with E-state index in [4.69, 9.17) is 0 Å². The van der Waals surface area contributed by atoms with E-state index in [1.807, 2.05) is 25.1 Å². The SMILES string of the molecule is C=CCNC(=O)Nc1ccc(Sc2ncccn2)cc1C. The number of nitrogens with one attached hydrogen (secondary N) is 2. The van der Waals surface area contributed by atoms with Crippen LogP contribution in [0.25, 0.3) is 0 Å². The van der Waals surface area contributed by atoms with Gasteiger partial charge in [-0.15, -0.1) is 6.58 Å². The number of anilines is 1. The number of aryl methyl sites for hydroxylation is 1. The predicted octanol–water partition coefficient (Wildman–Crippen LogP) is 3.24. The van der Waals surface area contributed by atoms with E-state index in [2.05, 4.69) is 27.2 Å². The molecule has 1 aromatic carbocycles. The Morgan fingerprint density at radius 2 is 2.14 bits per heavy atom. The first-order valence-electron chi connectivity index (χ1n) is 6.40. The second-order valence-electron chi connectivity index (χ2n) is 4.23. The number of carbonyl (C=O) groups excluding carboxylic acids is 1. The summed E-state index contributed by atoms with van der Waals surface area (Å²) in [5.41, 5.74) is 1.75. The summed E-state index contributed by atoms with van der Waals surface area (Å²) in [7, 11) is 0. The highest BCUT2D eigenvalue weighted by Crippen LogP contribution is 2.27. The maximum absolute atomic E-state index is 11.6. The van der Waals surface area contributed by atoms with Gasteiger partial charge in [-0.25, -0.2) is 14.8 Å². The number of nitrogens with zero attached hydrogens (tertiary/aromatic N) is 2. The highest BCUT2D eigenvalue weighted by atomic mass is 32.2. The standard InChI is InChI=1S/C15H16N4OS/c1-3-7-16-14(20)19-13-6-5-12(10-11(13)2)21-15-17-8-4-9-18-15/h3-6,8-10H,1,7H2,2H3,(H2,16,19,20). The Balaban J connectivity index is 2.03. The van der Waals surface area contributed by atoms with Gasteiger partial charge >= 0.3 is 6.03 Å². The summed E-state index contributed by atoms with van der Waals surface area (Å²) in [4.78, 5) is 21.0. The molecule has 5 nitrogen and oxygen atoms in total. The van der Waals surface area contributed by atoms with Crippen molar-refractivity contribution in [3.63, 3.8) is 0 Å². The number of benzene rings is 1. The van der Waals surface area contributed by atoms with Crippen LogP contribution in [0, 0.1) is 6.92 Å². The number of hydrogen-bond acceptors (Lipinski definition) is 4. The molecule has 0 aliphatic heterocycles. The van der Waals surface area contributed by atoms with Crippen molar-refractivity contribution >= 4 is 23.5 Å². The molecule has 0 unspecified atom stereocenters. The Kier molecular flexibility index (Phi) is 5.34. The zero-order chi connectivity index (χ0) is 15.1. The molecule has 21 heavy (non-hydrogen) atoms. The average molecular weight is 300 g/mol. The molecule has 2 amide bonds. The van der Waals surface area contributed by atoms with Gasteiger partial charge in [0.2, 0.25) is 0 Å². The van der Waals surface area contributed by atoms with Crippen LogP contribution in [0.5, 0.6) is 0 Å². The van der Waals surface area contributed by atoms with Crippen molar-refractivity contribution < 1.29 is 4.79 Å². The van der Waals surface area contributed by atoms with Crippen LogP contribution in [-0.4, -0.2) is 22.5 Å². The lowest BCUT2D eigenvalue weighted by Gasteiger charge is -2.10. The minimum atomic E-state index is -0.246. The highest BCUT2D eigenvalue weighted by molar-refractivity contribution is 7.99. The van der Waals surface area contributed by atoms with Gasteiger partial charge in [0.1, 0.15) is 0 Å². The Hall–Kier alpha value is -2.34. The van der Waals surface area contributed by atoms with E-state index >= 15 is 0 Å². The minimum absolute atomic E-state index is 0.246. The molecule has 0 radical (unpaired) electrons. The molecule has 0 aliphatic rings. The molecule has 6 heteroatoms. The maximum atomic E-state index is 11.6. The molecule has 1 aromatic heterocycles. The molecule has 0 saturated heterocycles. The van der Waals surface area contributed by atoms with Crippen molar-refractivity contribution in [3.8, 4) is 0 Å². The van der Waals surface area contributed by atoms with E-state index in [-0.39, 0.29) is 6.03 Å². The second kappa shape index (κ2) is 7.44. The molecule has 2 aromatic rings. The Morgan fingerprint density at radius 3 is 2.81 bits per heavy atom. The van der Waals surface area contributed by atoms with Gasteiger partial charge < -0.3 is 10.6 Å². The molecule has 0 aliphatic carbocycles. The van der Waals surface area contributed by atoms with Crippen molar-refractivity contribution in [2.45, 2.75) is 17.0 Å². The van der Waals surface area contributed by atoms with E-state index in [1.165, 1.54) is 11.8 Å². The van der Waals surface area contributed by atoms with Crippen LogP contribution >= 0.6 is 11.8 Å². The molecule has 0 bridgehead atoms. The third-order valence-corrected chi connectivity index (χ3v) is 3.49. The van der Waals surface area contributed by atoms with E-state index in [0.29, 0.717) is 11.7 Å². The second-order valence-corrected chi connectivity index (χ2v) is 5.27. The smallest absolute Gasteiger partial charge is 0.319 e. The van der Waals surface area contributed by atoms with Crippen molar-refractivity contribution in [2.24, 2.45) is 0 Å². The maximum Gasteiger partial charge on any atom is 0.319 e. The molecule has 0 fully saturated rings. The lowest BCUT2D eigenvalue weighted by molar-refractivity contribution is 0.253. The van der Waals surface area contributed by atoms with Gasteiger partial charge in [0.25, 0.3) is 0 Å². The van der Waals surface area contributed by atoms with Crippen molar-refractivity contribution in [2.75, 3.05) is 11.9 Å². The lowest BCUT2D eigenvalue weighted by Crippen LogP contribution is -2.28. The molecule has 0 atom stereocenters. The van der Waals surface area contributed by atoms with Gasteiger partial charge in [-0.05, 0) is 48.5 Å². The predicted molar refractivity (Wildman–Crippen MR) is 84.6 cm³/mol. The van der Waals surface area contributed by atoms with Gasteiger partial charge in [-0.1, -0.05) is 6.08 Å². The fourth-order valence-corrected chi connectivity index (χ4v) is 2.42. The summed E-state index contributed by atoms with van der Waals surface area (Å²) >= 11 is 1.48. The van der Waals surface area contributed by atoms with Crippen LogP contribution in [0.1, 0.15) is 5.56 Å². The minimum Gasteiger partial charge on any atom is -0.334 e. The quantitative estimate of drug-likeness (QED) is 0.657. The number of urea groups is 1. The van der Waals surface area contributed by atoms with Crippen LogP contribution in [-0.2, 0) is 0 Å². The molecule has 2 N–H and O–H groups in total. The Bertz CT molecular complexity index is 631. The van der Waals surface area contributed by atoms with E-state index < -0.39 is 0 Å². The van der Waals surface area contributed by atoms with E-state index in [0.717, 1.165) is 16.1 Å². The van der Waals surface area contributed by atoms with Gasteiger partial charge in [0.05, 0.1) is 0 Å². The number of rotatable bonds is 5. The number of amides is 2. The summed E-state index contributed by atoms with van der Waals surface area (Å²) in [6.07, 6.45) is 5.05. The fraction of sp³-hybridized carbons (Fsp3) is 0.133. The Labute approximate surface area is 127 Å². The average Bonchev–Trinajstić information content (AvgIpc) is 2.49. The van der Waals surface area contributed by atoms with Gasteiger partial charge in [0.15, 0.2) is 5.16 Å². The van der Waals surface area contributed by atoms with Crippen molar-refractivity contribution in [1.82, 2.24) is 15.3 Å². The largest absolute Gasteiger partial charge is 0.334 e. The molecule has 0 spiro atoms. The lowest BCUT2D eigenvalue weighted by atomic mass is 10.2. The molecular weight excluding hydrogens is 284 g/mol. The summed E-state index contributed by atoms with van der Waals surface area (Å²) in [5.74, 6) is 0. The highest BCUT2D eigenvalue weighted by Gasteiger charge is 2.06. The number of aromatic nitrogens is 2. The molecule has 108 valence electrons. The Morgan fingerprint density at radius 1 is 1.38 bits per heavy atom. The van der Waals surface area contributed by atoms with E-state index in [9.17, 15) is 4.79 Å². The third-order valence-electron chi connectivity index (χ3n) is 2.60. The van der Waals surface area contributed by atoms with Crippen molar-refractivity contribution in [3.05, 3.63) is 54.9 Å². The number of carbonyl (C=O) groups is 1. The topological polar surface area (TPSA) is 66.9 Å². The van der Waals surface area contributed by atoms with Crippen LogP contribution in [0.4, 0.5) is 10.5 Å². The normalized spacial score (nSPS) is 9.95. The molecule has 0 saturated carbocycles. The zero-order valence-electron chi connectivity index (χ0n) is 11.7. The first-order chi connectivity index (χ1) is 10.2. The third kappa shape index (κ3) is 4.61. The monoisotopic (exact) mass is 300 g/mol. The first-order valence-corrected chi connectivity index (χ1v) is 7.22. The molecule has 1 heterocycles. The van der Waals surface area contributed by atoms with Crippen LogP contribution in [0.2, 0.25) is 0 Å². The first kappa shape index (κ1) is 15.1. The molecule has 2 rings (SSSR count). The zero-order valence-corrected chi connectivity index (χ0v) is 12.5. The van der Waals surface area contributed by atoms with Crippen LogP contribution in [0.15, 0.2) is 59.4 Å². The van der Waals surface area contributed by atoms with Gasteiger partial charge in [0, 0.05) is 29.5 Å². The van der Waals surface area contributed by atoms with Crippen molar-refractivity contribution in [1.29, 1.82) is 0 Å².